The van der Waals surface area contributed by atoms with Gasteiger partial charge in [-0.25, -0.2) is 0 Å². The number of hydrogen-bond donors (Lipinski definition) is 0. The van der Waals surface area contributed by atoms with E-state index < -0.39 is 0 Å². The predicted octanol–water partition coefficient (Wildman–Crippen LogP) is 0.272. The molecule has 1 atom stereocenters. The molecule has 0 aromatic rings. The first-order valence-corrected chi connectivity index (χ1v) is 5.56. The van der Waals surface area contributed by atoms with Crippen molar-refractivity contribution in [3.05, 3.63) is 0 Å². The minimum Gasteiger partial charge on any atom is -0.334 e. The van der Waals surface area contributed by atoms with Crippen molar-refractivity contribution in [2.24, 2.45) is 0 Å². The number of likely N-dealkylation sites (N-methyl/N-ethyl adjacent to an activating group) is 1. The number of rotatable bonds is 2. The SMILES string of the molecule is CC(=O)CN1CCC2(CCCN2C)C1=O. The molecule has 0 aromatic carbocycles. The maximum absolute atomic E-state index is 12.2. The Morgan fingerprint density at radius 2 is 2.13 bits per heavy atom. The van der Waals surface area contributed by atoms with Crippen molar-refractivity contribution in [3.63, 3.8) is 0 Å². The van der Waals surface area contributed by atoms with E-state index in [-0.39, 0.29) is 23.8 Å². The summed E-state index contributed by atoms with van der Waals surface area (Å²) in [6.07, 6.45) is 2.93. The average Bonchev–Trinajstić information content (AvgIpc) is 2.66. The Balaban J connectivity index is 2.12. The number of Topliss-reactive ketones (excluding diaryl/α,β-unsaturated/α-hetero) is 1. The van der Waals surface area contributed by atoms with Gasteiger partial charge < -0.3 is 4.90 Å². The van der Waals surface area contributed by atoms with Gasteiger partial charge in [-0.2, -0.15) is 0 Å². The molecule has 0 aromatic heterocycles. The van der Waals surface area contributed by atoms with Crippen molar-refractivity contribution in [3.8, 4) is 0 Å². The molecule has 4 heteroatoms. The summed E-state index contributed by atoms with van der Waals surface area (Å²) in [5.41, 5.74) is -0.268. The van der Waals surface area contributed by atoms with Gasteiger partial charge >= 0.3 is 0 Å². The molecule has 1 spiro atoms. The Hall–Kier alpha value is -0.900. The second kappa shape index (κ2) is 3.59. The zero-order chi connectivity index (χ0) is 11.1. The molecule has 2 saturated heterocycles. The molecule has 2 aliphatic heterocycles. The Labute approximate surface area is 90.2 Å². The van der Waals surface area contributed by atoms with E-state index in [1.54, 1.807) is 4.90 Å². The number of likely N-dealkylation sites (tertiary alicyclic amines) is 2. The van der Waals surface area contributed by atoms with Crippen LogP contribution in [-0.2, 0) is 9.59 Å². The molecule has 0 aliphatic carbocycles. The zero-order valence-corrected chi connectivity index (χ0v) is 9.45. The van der Waals surface area contributed by atoms with Gasteiger partial charge in [0.25, 0.3) is 0 Å². The maximum Gasteiger partial charge on any atom is 0.243 e. The van der Waals surface area contributed by atoms with Crippen LogP contribution in [0.2, 0.25) is 0 Å². The van der Waals surface area contributed by atoms with Gasteiger partial charge in [-0.1, -0.05) is 0 Å². The van der Waals surface area contributed by atoms with Gasteiger partial charge in [-0.05, 0) is 39.8 Å². The highest BCUT2D eigenvalue weighted by atomic mass is 16.2. The van der Waals surface area contributed by atoms with E-state index in [2.05, 4.69) is 4.90 Å². The number of carbonyl (C=O) groups excluding carboxylic acids is 2. The van der Waals surface area contributed by atoms with Gasteiger partial charge in [0.1, 0.15) is 11.3 Å². The third-order valence-electron chi connectivity index (χ3n) is 3.71. The normalized spacial score (nSPS) is 31.9. The summed E-state index contributed by atoms with van der Waals surface area (Å²) < 4.78 is 0. The van der Waals surface area contributed by atoms with Crippen molar-refractivity contribution in [2.45, 2.75) is 31.7 Å². The Morgan fingerprint density at radius 1 is 1.40 bits per heavy atom. The molecule has 1 amide bonds. The van der Waals surface area contributed by atoms with E-state index in [9.17, 15) is 9.59 Å². The molecule has 2 aliphatic rings. The van der Waals surface area contributed by atoms with E-state index in [0.29, 0.717) is 0 Å². The number of amides is 1. The smallest absolute Gasteiger partial charge is 0.243 e. The Bertz CT molecular complexity index is 303. The van der Waals surface area contributed by atoms with Crippen LogP contribution in [0.25, 0.3) is 0 Å². The molecule has 2 rings (SSSR count). The average molecular weight is 210 g/mol. The van der Waals surface area contributed by atoms with Gasteiger partial charge in [-0.15, -0.1) is 0 Å². The highest BCUT2D eigenvalue weighted by Crippen LogP contribution is 2.37. The monoisotopic (exact) mass is 210 g/mol. The minimum absolute atomic E-state index is 0.0704. The molecule has 2 fully saturated rings. The summed E-state index contributed by atoms with van der Waals surface area (Å²) in [4.78, 5) is 27.1. The zero-order valence-electron chi connectivity index (χ0n) is 9.45. The quantitative estimate of drug-likeness (QED) is 0.657. The summed E-state index contributed by atoms with van der Waals surface area (Å²) in [6.45, 7) is 3.56. The summed E-state index contributed by atoms with van der Waals surface area (Å²) >= 11 is 0. The van der Waals surface area contributed by atoms with E-state index in [4.69, 9.17) is 0 Å². The van der Waals surface area contributed by atoms with Crippen LogP contribution in [0.15, 0.2) is 0 Å². The lowest BCUT2D eigenvalue weighted by Crippen LogP contribution is -2.49. The van der Waals surface area contributed by atoms with Crippen molar-refractivity contribution >= 4 is 11.7 Å². The van der Waals surface area contributed by atoms with Crippen LogP contribution in [0.4, 0.5) is 0 Å². The molecule has 0 saturated carbocycles. The van der Waals surface area contributed by atoms with Crippen LogP contribution in [0, 0.1) is 0 Å². The van der Waals surface area contributed by atoms with Gasteiger partial charge in [0.05, 0.1) is 6.54 Å². The largest absolute Gasteiger partial charge is 0.334 e. The Kier molecular flexibility index (Phi) is 2.54. The lowest BCUT2D eigenvalue weighted by molar-refractivity contribution is -0.138. The molecule has 0 bridgehead atoms. The van der Waals surface area contributed by atoms with Crippen LogP contribution in [-0.4, -0.2) is 53.7 Å². The summed E-state index contributed by atoms with van der Waals surface area (Å²) in [7, 11) is 2.02. The fourth-order valence-electron chi connectivity index (χ4n) is 2.84. The predicted molar refractivity (Wildman–Crippen MR) is 56.5 cm³/mol. The highest BCUT2D eigenvalue weighted by Gasteiger charge is 2.51. The molecule has 2 heterocycles. The van der Waals surface area contributed by atoms with Gasteiger partial charge in [0, 0.05) is 6.54 Å². The van der Waals surface area contributed by atoms with Crippen molar-refractivity contribution in [1.82, 2.24) is 9.80 Å². The lowest BCUT2D eigenvalue weighted by atomic mass is 9.95. The summed E-state index contributed by atoms with van der Waals surface area (Å²) in [6, 6.07) is 0. The van der Waals surface area contributed by atoms with Gasteiger partial charge in [0.2, 0.25) is 5.91 Å². The molecular formula is C11H18N2O2. The molecule has 0 N–H and O–H groups in total. The van der Waals surface area contributed by atoms with Crippen LogP contribution in [0.3, 0.4) is 0 Å². The molecule has 84 valence electrons. The third kappa shape index (κ3) is 1.57. The summed E-state index contributed by atoms with van der Waals surface area (Å²) in [5.74, 6) is 0.235. The second-order valence-corrected chi connectivity index (χ2v) is 4.74. The number of hydrogen-bond acceptors (Lipinski definition) is 3. The lowest BCUT2D eigenvalue weighted by Gasteiger charge is -2.29. The first kappa shape index (κ1) is 10.6. The van der Waals surface area contributed by atoms with Gasteiger partial charge in [0.15, 0.2) is 0 Å². The number of ketones is 1. The maximum atomic E-state index is 12.2. The summed E-state index contributed by atoms with van der Waals surface area (Å²) in [5, 5.41) is 0. The van der Waals surface area contributed by atoms with E-state index in [1.165, 1.54) is 6.92 Å². The van der Waals surface area contributed by atoms with Crippen molar-refractivity contribution < 1.29 is 9.59 Å². The van der Waals surface area contributed by atoms with E-state index in [1.807, 2.05) is 7.05 Å². The van der Waals surface area contributed by atoms with E-state index in [0.717, 1.165) is 32.4 Å². The molecule has 15 heavy (non-hydrogen) atoms. The van der Waals surface area contributed by atoms with E-state index >= 15 is 0 Å². The number of nitrogens with zero attached hydrogens (tertiary/aromatic N) is 2. The standard InChI is InChI=1S/C11H18N2O2/c1-9(14)8-13-7-5-11(10(13)15)4-3-6-12(11)2/h3-8H2,1-2H3. The van der Waals surface area contributed by atoms with Crippen LogP contribution in [0.1, 0.15) is 26.2 Å². The first-order chi connectivity index (χ1) is 7.06. The number of carbonyl (C=O) groups is 2. The van der Waals surface area contributed by atoms with Crippen LogP contribution in [0.5, 0.6) is 0 Å². The minimum atomic E-state index is -0.268. The molecular weight excluding hydrogens is 192 g/mol. The fourth-order valence-corrected chi connectivity index (χ4v) is 2.84. The molecule has 1 unspecified atom stereocenters. The van der Waals surface area contributed by atoms with Crippen LogP contribution < -0.4 is 0 Å². The topological polar surface area (TPSA) is 40.6 Å². The molecule has 4 nitrogen and oxygen atoms in total. The van der Waals surface area contributed by atoms with Crippen molar-refractivity contribution in [2.75, 3.05) is 26.7 Å². The first-order valence-electron chi connectivity index (χ1n) is 5.56. The third-order valence-corrected chi connectivity index (χ3v) is 3.71. The fraction of sp³-hybridized carbons (Fsp3) is 0.818. The van der Waals surface area contributed by atoms with Gasteiger partial charge in [-0.3, -0.25) is 14.5 Å². The Morgan fingerprint density at radius 3 is 2.67 bits per heavy atom. The molecule has 0 radical (unpaired) electrons. The second-order valence-electron chi connectivity index (χ2n) is 4.74. The van der Waals surface area contributed by atoms with Crippen molar-refractivity contribution in [1.29, 1.82) is 0 Å². The van der Waals surface area contributed by atoms with Crippen LogP contribution >= 0.6 is 0 Å². The highest BCUT2D eigenvalue weighted by molar-refractivity contribution is 5.92.